The zero-order valence-corrected chi connectivity index (χ0v) is 17.8. The van der Waals surface area contributed by atoms with E-state index in [-0.39, 0.29) is 17.9 Å². The molecule has 0 bridgehead atoms. The summed E-state index contributed by atoms with van der Waals surface area (Å²) in [4.78, 5) is 24.3. The third kappa shape index (κ3) is 6.69. The van der Waals surface area contributed by atoms with Crippen LogP contribution in [0.4, 0.5) is 5.69 Å². The average Bonchev–Trinajstić information content (AvgIpc) is 2.65. The molecule has 1 atom stereocenters. The highest BCUT2D eigenvalue weighted by Crippen LogP contribution is 2.16. The van der Waals surface area contributed by atoms with Crippen LogP contribution in [0, 0.1) is 20.8 Å². The van der Waals surface area contributed by atoms with E-state index < -0.39 is 28.0 Å². The molecule has 7 nitrogen and oxygen atoms in total. The lowest BCUT2D eigenvalue weighted by Crippen LogP contribution is -2.32. The number of rotatable bonds is 8. The van der Waals surface area contributed by atoms with Crippen molar-refractivity contribution < 1.29 is 22.7 Å². The number of sulfonamides is 1. The van der Waals surface area contributed by atoms with Crippen LogP contribution in [-0.4, -0.2) is 32.9 Å². The highest BCUT2D eigenvalue weighted by atomic mass is 32.2. The van der Waals surface area contributed by atoms with E-state index in [0.717, 1.165) is 11.1 Å². The molecule has 2 aromatic rings. The lowest BCUT2D eigenvalue weighted by Gasteiger charge is -2.14. The summed E-state index contributed by atoms with van der Waals surface area (Å²) in [7, 11) is -3.74. The highest BCUT2D eigenvalue weighted by Gasteiger charge is 2.20. The molecule has 0 heterocycles. The van der Waals surface area contributed by atoms with Crippen LogP contribution < -0.4 is 10.0 Å². The Bertz CT molecular complexity index is 985. The molecule has 0 aliphatic heterocycles. The van der Waals surface area contributed by atoms with E-state index in [0.29, 0.717) is 11.3 Å². The van der Waals surface area contributed by atoms with E-state index in [9.17, 15) is 18.0 Å². The van der Waals surface area contributed by atoms with Gasteiger partial charge in [0.25, 0.3) is 5.91 Å². The van der Waals surface area contributed by atoms with Gasteiger partial charge in [-0.05, 0) is 57.0 Å². The molecule has 0 aromatic heterocycles. The van der Waals surface area contributed by atoms with Crippen LogP contribution in [0.25, 0.3) is 0 Å². The highest BCUT2D eigenvalue weighted by molar-refractivity contribution is 7.89. The zero-order chi connectivity index (χ0) is 21.6. The van der Waals surface area contributed by atoms with E-state index >= 15 is 0 Å². The first kappa shape index (κ1) is 22.6. The van der Waals surface area contributed by atoms with Gasteiger partial charge in [0.15, 0.2) is 6.10 Å². The van der Waals surface area contributed by atoms with Crippen molar-refractivity contribution in [3.63, 3.8) is 0 Å². The Kier molecular flexibility index (Phi) is 7.53. The number of esters is 1. The van der Waals surface area contributed by atoms with Crippen molar-refractivity contribution in [3.05, 3.63) is 59.2 Å². The van der Waals surface area contributed by atoms with Gasteiger partial charge in [-0.2, -0.15) is 0 Å². The van der Waals surface area contributed by atoms with Gasteiger partial charge in [-0.1, -0.05) is 29.8 Å². The second-order valence-electron chi connectivity index (χ2n) is 6.90. The maximum absolute atomic E-state index is 12.4. The first-order valence-corrected chi connectivity index (χ1v) is 10.7. The van der Waals surface area contributed by atoms with E-state index in [2.05, 4.69) is 10.0 Å². The molecule has 2 N–H and O–H groups in total. The van der Waals surface area contributed by atoms with Gasteiger partial charge in [-0.3, -0.25) is 9.59 Å². The predicted molar refractivity (Wildman–Crippen MR) is 111 cm³/mol. The Morgan fingerprint density at radius 1 is 1.00 bits per heavy atom. The summed E-state index contributed by atoms with van der Waals surface area (Å²) >= 11 is 0. The Morgan fingerprint density at radius 3 is 2.28 bits per heavy atom. The van der Waals surface area contributed by atoms with Crippen LogP contribution in [0.3, 0.4) is 0 Å². The SMILES string of the molecule is Cc1ccc(NC(=O)[C@@H](C)OC(=O)CCNS(=O)(=O)c2cc(C)ccc2C)cc1. The molecule has 0 saturated heterocycles. The number of carbonyl (C=O) groups excluding carboxylic acids is 2. The van der Waals surface area contributed by atoms with Gasteiger partial charge in [0.1, 0.15) is 0 Å². The largest absolute Gasteiger partial charge is 0.452 e. The van der Waals surface area contributed by atoms with Crippen LogP contribution in [0.15, 0.2) is 47.4 Å². The Morgan fingerprint density at radius 2 is 1.62 bits per heavy atom. The number of benzene rings is 2. The van der Waals surface area contributed by atoms with E-state index in [1.165, 1.54) is 6.92 Å². The van der Waals surface area contributed by atoms with Crippen molar-refractivity contribution in [2.75, 3.05) is 11.9 Å². The average molecular weight is 419 g/mol. The lowest BCUT2D eigenvalue weighted by molar-refractivity contribution is -0.152. The van der Waals surface area contributed by atoms with E-state index in [1.807, 2.05) is 25.1 Å². The van der Waals surface area contributed by atoms with Crippen molar-refractivity contribution >= 4 is 27.6 Å². The van der Waals surface area contributed by atoms with Gasteiger partial charge >= 0.3 is 5.97 Å². The number of nitrogens with one attached hydrogen (secondary N) is 2. The van der Waals surface area contributed by atoms with Crippen molar-refractivity contribution in [2.45, 2.75) is 45.1 Å². The minimum absolute atomic E-state index is 0.124. The monoisotopic (exact) mass is 418 g/mol. The molecule has 2 rings (SSSR count). The fraction of sp³-hybridized carbons (Fsp3) is 0.333. The molecule has 0 fully saturated rings. The van der Waals surface area contributed by atoms with Gasteiger partial charge in [0, 0.05) is 12.2 Å². The lowest BCUT2D eigenvalue weighted by atomic mass is 10.2. The minimum Gasteiger partial charge on any atom is -0.452 e. The van der Waals surface area contributed by atoms with Crippen molar-refractivity contribution in [1.29, 1.82) is 0 Å². The topological polar surface area (TPSA) is 102 Å². The maximum atomic E-state index is 12.4. The van der Waals surface area contributed by atoms with E-state index in [1.54, 1.807) is 38.1 Å². The van der Waals surface area contributed by atoms with Crippen molar-refractivity contribution in [3.8, 4) is 0 Å². The molecule has 0 radical (unpaired) electrons. The molecule has 0 saturated carbocycles. The fourth-order valence-electron chi connectivity index (χ4n) is 2.55. The normalized spacial score (nSPS) is 12.3. The second kappa shape index (κ2) is 9.67. The van der Waals surface area contributed by atoms with Gasteiger partial charge < -0.3 is 10.1 Å². The summed E-state index contributed by atoms with van der Waals surface area (Å²) in [6.45, 7) is 6.78. The molecule has 0 aliphatic rings. The molecule has 0 unspecified atom stereocenters. The van der Waals surface area contributed by atoms with Crippen LogP contribution in [-0.2, 0) is 24.3 Å². The number of carbonyl (C=O) groups is 2. The third-order valence-electron chi connectivity index (χ3n) is 4.25. The van der Waals surface area contributed by atoms with Crippen LogP contribution in [0.2, 0.25) is 0 Å². The predicted octanol–water partition coefficient (Wildman–Crippen LogP) is 2.85. The van der Waals surface area contributed by atoms with Crippen LogP contribution in [0.1, 0.15) is 30.0 Å². The standard InChI is InChI=1S/C21H26N2O5S/c1-14-6-9-18(10-7-14)23-21(25)17(4)28-20(24)11-12-22-29(26,27)19-13-15(2)5-8-16(19)3/h5-10,13,17,22H,11-12H2,1-4H3,(H,23,25)/t17-/m1/s1. The quantitative estimate of drug-likeness (QED) is 0.642. The van der Waals surface area contributed by atoms with Gasteiger partial charge in [0.05, 0.1) is 11.3 Å². The number of anilines is 1. The number of amides is 1. The molecule has 29 heavy (non-hydrogen) atoms. The zero-order valence-electron chi connectivity index (χ0n) is 17.0. The van der Waals surface area contributed by atoms with Gasteiger partial charge in [-0.15, -0.1) is 0 Å². The summed E-state index contributed by atoms with van der Waals surface area (Å²) in [5.74, 6) is -1.13. The second-order valence-corrected chi connectivity index (χ2v) is 8.64. The van der Waals surface area contributed by atoms with Crippen molar-refractivity contribution in [1.82, 2.24) is 4.72 Å². The maximum Gasteiger partial charge on any atom is 0.307 e. The summed E-state index contributed by atoms with van der Waals surface area (Å²) < 4.78 is 32.3. The van der Waals surface area contributed by atoms with E-state index in [4.69, 9.17) is 4.74 Å². The van der Waals surface area contributed by atoms with Crippen LogP contribution in [0.5, 0.6) is 0 Å². The molecule has 8 heteroatoms. The Hall–Kier alpha value is -2.71. The third-order valence-corrected chi connectivity index (χ3v) is 5.85. The molecule has 0 aliphatic carbocycles. The fourth-order valence-corrected chi connectivity index (χ4v) is 3.91. The first-order valence-electron chi connectivity index (χ1n) is 9.22. The molecule has 156 valence electrons. The molecular weight excluding hydrogens is 392 g/mol. The summed E-state index contributed by atoms with van der Waals surface area (Å²) in [5, 5.41) is 2.66. The van der Waals surface area contributed by atoms with Gasteiger partial charge in [0.2, 0.25) is 10.0 Å². The molecule has 2 aromatic carbocycles. The Labute approximate surface area is 171 Å². The summed E-state index contributed by atoms with van der Waals surface area (Å²) in [6.07, 6.45) is -1.19. The number of ether oxygens (including phenoxy) is 1. The minimum atomic E-state index is -3.74. The number of aryl methyl sites for hydroxylation is 3. The number of hydrogen-bond donors (Lipinski definition) is 2. The molecule has 0 spiro atoms. The van der Waals surface area contributed by atoms with Crippen LogP contribution >= 0.6 is 0 Å². The smallest absolute Gasteiger partial charge is 0.307 e. The molecular formula is C21H26N2O5S. The number of hydrogen-bond acceptors (Lipinski definition) is 5. The first-order chi connectivity index (χ1) is 13.6. The van der Waals surface area contributed by atoms with Crippen molar-refractivity contribution in [2.24, 2.45) is 0 Å². The molecule has 1 amide bonds. The van der Waals surface area contributed by atoms with Gasteiger partial charge in [-0.25, -0.2) is 13.1 Å². The summed E-state index contributed by atoms with van der Waals surface area (Å²) in [5.41, 5.74) is 3.10. The Balaban J connectivity index is 1.83. The summed E-state index contributed by atoms with van der Waals surface area (Å²) in [6, 6.07) is 12.4.